The lowest BCUT2D eigenvalue weighted by Gasteiger charge is -2.14. The van der Waals surface area contributed by atoms with E-state index in [1.54, 1.807) is 17.5 Å². The van der Waals surface area contributed by atoms with E-state index in [9.17, 15) is 0 Å². The highest BCUT2D eigenvalue weighted by molar-refractivity contribution is 9.10. The van der Waals surface area contributed by atoms with E-state index < -0.39 is 0 Å². The van der Waals surface area contributed by atoms with Gasteiger partial charge in [-0.05, 0) is 34.4 Å². The van der Waals surface area contributed by atoms with Crippen LogP contribution in [0.25, 0.3) is 5.52 Å². The van der Waals surface area contributed by atoms with Gasteiger partial charge in [-0.25, -0.2) is 4.52 Å². The molecule has 0 aliphatic rings. The lowest BCUT2D eigenvalue weighted by Crippen LogP contribution is -2.16. The average Bonchev–Trinajstić information content (AvgIpc) is 2.99. The second kappa shape index (κ2) is 4.79. The Balaban J connectivity index is 2.15. The lowest BCUT2D eigenvalue weighted by atomic mass is 10.1. The molecule has 3 rings (SSSR count). The van der Waals surface area contributed by atoms with Crippen LogP contribution in [0.2, 0.25) is 0 Å². The molecule has 0 saturated carbocycles. The summed E-state index contributed by atoms with van der Waals surface area (Å²) in [6.07, 6.45) is 7.33. The Morgan fingerprint density at radius 2 is 2.33 bits per heavy atom. The minimum Gasteiger partial charge on any atom is -0.309 e. The van der Waals surface area contributed by atoms with Crippen molar-refractivity contribution in [2.24, 2.45) is 0 Å². The van der Waals surface area contributed by atoms with Crippen LogP contribution in [0.1, 0.15) is 16.5 Å². The van der Waals surface area contributed by atoms with Gasteiger partial charge in [-0.1, -0.05) is 0 Å². The first-order valence-electron chi connectivity index (χ1n) is 5.48. The number of aromatic nitrogens is 3. The molecular formula is C12H11BrN4S. The number of hydrogen-bond donors (Lipinski definition) is 1. The molecule has 3 aromatic rings. The maximum Gasteiger partial charge on any atom is 0.0896 e. The maximum absolute atomic E-state index is 4.35. The number of fused-ring (bicyclic) bond motifs is 1. The van der Waals surface area contributed by atoms with E-state index in [0.717, 1.165) is 15.6 Å². The summed E-state index contributed by atoms with van der Waals surface area (Å²) in [5.74, 6) is 0. The molecule has 0 radical (unpaired) electrons. The minimum absolute atomic E-state index is 0.126. The fourth-order valence-electron chi connectivity index (χ4n) is 2.01. The first kappa shape index (κ1) is 11.8. The molecule has 0 aromatic carbocycles. The van der Waals surface area contributed by atoms with E-state index in [1.807, 2.05) is 30.2 Å². The summed E-state index contributed by atoms with van der Waals surface area (Å²) in [7, 11) is 1.96. The number of nitrogens with one attached hydrogen (secondary N) is 1. The minimum atomic E-state index is 0.126. The van der Waals surface area contributed by atoms with Crippen LogP contribution in [0.5, 0.6) is 0 Å². The SMILES string of the molecule is CNC(c1sccc1Br)c1cnn2ccncc12. The monoisotopic (exact) mass is 322 g/mol. The Kier molecular flexibility index (Phi) is 3.15. The van der Waals surface area contributed by atoms with E-state index in [4.69, 9.17) is 0 Å². The lowest BCUT2D eigenvalue weighted by molar-refractivity contribution is 0.706. The number of rotatable bonds is 3. The van der Waals surface area contributed by atoms with Gasteiger partial charge in [0.15, 0.2) is 0 Å². The molecule has 6 heteroatoms. The van der Waals surface area contributed by atoms with Gasteiger partial charge in [0.25, 0.3) is 0 Å². The fourth-order valence-corrected chi connectivity index (χ4v) is 3.74. The first-order chi connectivity index (χ1) is 8.81. The van der Waals surface area contributed by atoms with Crippen LogP contribution < -0.4 is 5.32 Å². The highest BCUT2D eigenvalue weighted by Gasteiger charge is 2.20. The number of thiophene rings is 1. The van der Waals surface area contributed by atoms with Gasteiger partial charge in [0.2, 0.25) is 0 Å². The standard InChI is InChI=1S/C12H11BrN4S/c1-14-11(12-9(13)2-5-18-12)8-6-16-17-4-3-15-7-10(8)17/h2-7,11,14H,1H3. The normalized spacial score (nSPS) is 13.0. The summed E-state index contributed by atoms with van der Waals surface area (Å²) < 4.78 is 2.96. The van der Waals surface area contributed by atoms with Gasteiger partial charge in [-0.15, -0.1) is 11.3 Å². The zero-order valence-corrected chi connectivity index (χ0v) is 12.1. The molecule has 3 heterocycles. The number of nitrogens with zero attached hydrogens (tertiary/aromatic N) is 3. The molecule has 0 spiro atoms. The zero-order valence-electron chi connectivity index (χ0n) is 9.67. The Morgan fingerprint density at radius 1 is 1.44 bits per heavy atom. The number of hydrogen-bond acceptors (Lipinski definition) is 4. The summed E-state index contributed by atoms with van der Waals surface area (Å²) >= 11 is 5.31. The van der Waals surface area contributed by atoms with E-state index in [1.165, 1.54) is 4.88 Å². The number of halogens is 1. The van der Waals surface area contributed by atoms with Crippen molar-refractivity contribution >= 4 is 32.8 Å². The van der Waals surface area contributed by atoms with Crippen molar-refractivity contribution in [2.75, 3.05) is 7.05 Å². The molecule has 4 nitrogen and oxygen atoms in total. The van der Waals surface area contributed by atoms with Gasteiger partial charge < -0.3 is 5.32 Å². The Morgan fingerprint density at radius 3 is 3.06 bits per heavy atom. The van der Waals surface area contributed by atoms with Gasteiger partial charge in [0.05, 0.1) is 24.0 Å². The third-order valence-corrected chi connectivity index (χ3v) is 4.80. The van der Waals surface area contributed by atoms with Crippen molar-refractivity contribution in [3.05, 3.63) is 51.1 Å². The molecule has 18 heavy (non-hydrogen) atoms. The summed E-state index contributed by atoms with van der Waals surface area (Å²) in [6.45, 7) is 0. The molecule has 1 unspecified atom stereocenters. The molecule has 1 atom stereocenters. The van der Waals surface area contributed by atoms with E-state index >= 15 is 0 Å². The topological polar surface area (TPSA) is 42.2 Å². The molecule has 0 aliphatic carbocycles. The van der Waals surface area contributed by atoms with Gasteiger partial charge in [0, 0.05) is 27.3 Å². The molecule has 0 bridgehead atoms. The van der Waals surface area contributed by atoms with Gasteiger partial charge in [-0.2, -0.15) is 5.10 Å². The predicted molar refractivity (Wildman–Crippen MR) is 75.9 cm³/mol. The maximum atomic E-state index is 4.35. The molecule has 3 aromatic heterocycles. The molecule has 0 fully saturated rings. The second-order valence-corrected chi connectivity index (χ2v) is 5.66. The van der Waals surface area contributed by atoms with Crippen LogP contribution in [0.3, 0.4) is 0 Å². The smallest absolute Gasteiger partial charge is 0.0896 e. The second-order valence-electron chi connectivity index (χ2n) is 3.86. The van der Waals surface area contributed by atoms with Crippen LogP contribution in [0, 0.1) is 0 Å². The van der Waals surface area contributed by atoms with Gasteiger partial charge in [-0.3, -0.25) is 4.98 Å². The van der Waals surface area contributed by atoms with E-state index in [-0.39, 0.29) is 6.04 Å². The van der Waals surface area contributed by atoms with Crippen LogP contribution in [-0.4, -0.2) is 21.6 Å². The van der Waals surface area contributed by atoms with Crippen LogP contribution in [0.4, 0.5) is 0 Å². The van der Waals surface area contributed by atoms with Crippen molar-refractivity contribution in [1.29, 1.82) is 0 Å². The van der Waals surface area contributed by atoms with Crippen LogP contribution in [-0.2, 0) is 0 Å². The Labute approximate surface area is 117 Å². The summed E-state index contributed by atoms with van der Waals surface area (Å²) in [6, 6.07) is 2.19. The van der Waals surface area contributed by atoms with Crippen LogP contribution in [0.15, 0.2) is 40.7 Å². The molecule has 0 aliphatic heterocycles. The van der Waals surface area contributed by atoms with Crippen molar-refractivity contribution in [3.63, 3.8) is 0 Å². The van der Waals surface area contributed by atoms with Crippen molar-refractivity contribution < 1.29 is 0 Å². The van der Waals surface area contributed by atoms with E-state index in [0.29, 0.717) is 0 Å². The highest BCUT2D eigenvalue weighted by Crippen LogP contribution is 2.34. The third kappa shape index (κ3) is 1.86. The average molecular weight is 323 g/mol. The van der Waals surface area contributed by atoms with Gasteiger partial charge in [0.1, 0.15) is 0 Å². The zero-order chi connectivity index (χ0) is 12.5. The first-order valence-corrected chi connectivity index (χ1v) is 7.16. The van der Waals surface area contributed by atoms with Gasteiger partial charge >= 0.3 is 0 Å². The molecular weight excluding hydrogens is 312 g/mol. The predicted octanol–water partition coefficient (Wildman–Crippen LogP) is 2.86. The third-order valence-electron chi connectivity index (χ3n) is 2.86. The van der Waals surface area contributed by atoms with Crippen molar-refractivity contribution in [2.45, 2.75) is 6.04 Å². The van der Waals surface area contributed by atoms with E-state index in [2.05, 4.69) is 42.8 Å². The van der Waals surface area contributed by atoms with Crippen molar-refractivity contribution in [3.8, 4) is 0 Å². The Hall–Kier alpha value is -1.24. The molecule has 1 N–H and O–H groups in total. The highest BCUT2D eigenvalue weighted by atomic mass is 79.9. The summed E-state index contributed by atoms with van der Waals surface area (Å²) in [5.41, 5.74) is 2.16. The summed E-state index contributed by atoms with van der Waals surface area (Å²) in [5, 5.41) is 9.77. The molecule has 0 amide bonds. The van der Waals surface area contributed by atoms with Crippen LogP contribution >= 0.6 is 27.3 Å². The molecule has 92 valence electrons. The largest absolute Gasteiger partial charge is 0.309 e. The molecule has 0 saturated heterocycles. The fraction of sp³-hybridized carbons (Fsp3) is 0.167. The summed E-state index contributed by atoms with van der Waals surface area (Å²) in [4.78, 5) is 5.42. The van der Waals surface area contributed by atoms with Crippen molar-refractivity contribution in [1.82, 2.24) is 19.9 Å². The Bertz CT molecular complexity index is 675. The quantitative estimate of drug-likeness (QED) is 0.806.